The van der Waals surface area contributed by atoms with Gasteiger partial charge in [0.1, 0.15) is 10.5 Å². The molecule has 1 aromatic rings. The van der Waals surface area contributed by atoms with Gasteiger partial charge in [-0.05, 0) is 19.4 Å². The summed E-state index contributed by atoms with van der Waals surface area (Å²) in [7, 11) is -3.66. The highest BCUT2D eigenvalue weighted by molar-refractivity contribution is 8.31. The average molecular weight is 338 g/mol. The van der Waals surface area contributed by atoms with Crippen molar-refractivity contribution in [3.8, 4) is 0 Å². The Kier molecular flexibility index (Phi) is 4.13. The van der Waals surface area contributed by atoms with E-state index >= 15 is 0 Å². The lowest BCUT2D eigenvalue weighted by atomic mass is 10.1. The maximum absolute atomic E-state index is 14.2. The third-order valence-electron chi connectivity index (χ3n) is 4.11. The van der Waals surface area contributed by atoms with E-state index in [9.17, 15) is 4.21 Å². The average Bonchev–Trinajstić information content (AvgIpc) is 2.74. The molecule has 0 fully saturated rings. The monoisotopic (exact) mass is 337 g/mol. The first-order chi connectivity index (χ1) is 10.1. The lowest BCUT2D eigenvalue weighted by Gasteiger charge is -2.41. The van der Waals surface area contributed by atoms with E-state index < -0.39 is 14.8 Å². The molecule has 120 valence electrons. The summed E-state index contributed by atoms with van der Waals surface area (Å²) in [5.74, 6) is 0.281. The normalized spacial score (nSPS) is 19.2. The lowest BCUT2D eigenvalue weighted by Crippen LogP contribution is -2.53. The first-order valence-electron chi connectivity index (χ1n) is 7.21. The minimum absolute atomic E-state index is 0.238. The Morgan fingerprint density at radius 3 is 2.36 bits per heavy atom. The molecule has 6 heteroatoms. The Morgan fingerprint density at radius 1 is 1.36 bits per heavy atom. The van der Waals surface area contributed by atoms with Gasteiger partial charge in [-0.3, -0.25) is 4.21 Å². The van der Waals surface area contributed by atoms with E-state index in [1.54, 1.807) is 0 Å². The molecule has 1 heterocycles. The third-order valence-corrected chi connectivity index (χ3v) is 9.14. The maximum atomic E-state index is 14.2. The van der Waals surface area contributed by atoms with Gasteiger partial charge < -0.3 is 5.32 Å². The molecule has 0 aromatic heterocycles. The number of benzene rings is 1. The zero-order valence-corrected chi connectivity index (χ0v) is 15.1. The highest BCUT2D eigenvalue weighted by atomic mass is 32.3. The van der Waals surface area contributed by atoms with Gasteiger partial charge in [0.2, 0.25) is 0 Å². The maximum Gasteiger partial charge on any atom is 0.190 e. The molecule has 1 aromatic carbocycles. The van der Waals surface area contributed by atoms with Crippen LogP contribution in [0.15, 0.2) is 39.7 Å². The second kappa shape index (κ2) is 5.35. The van der Waals surface area contributed by atoms with Crippen LogP contribution in [0.2, 0.25) is 0 Å². The first-order valence-corrected chi connectivity index (χ1v) is 9.78. The molecule has 0 aliphatic carbocycles. The van der Waals surface area contributed by atoms with Crippen molar-refractivity contribution in [1.29, 1.82) is 0 Å². The summed E-state index contributed by atoms with van der Waals surface area (Å²) in [6.07, 6.45) is 0. The van der Waals surface area contributed by atoms with Crippen molar-refractivity contribution in [3.63, 3.8) is 0 Å². The van der Waals surface area contributed by atoms with Gasteiger partial charge in [0.15, 0.2) is 5.17 Å². The summed E-state index contributed by atoms with van der Waals surface area (Å²) in [6, 6.07) is 9.67. The van der Waals surface area contributed by atoms with Crippen molar-refractivity contribution in [2.45, 2.75) is 44.2 Å². The molecule has 22 heavy (non-hydrogen) atoms. The first kappa shape index (κ1) is 17.0. The van der Waals surface area contributed by atoms with Crippen LogP contribution in [-0.4, -0.2) is 31.9 Å². The minimum Gasteiger partial charge on any atom is -0.325 e. The smallest absolute Gasteiger partial charge is 0.190 e. The van der Waals surface area contributed by atoms with Crippen LogP contribution in [0.1, 0.15) is 33.3 Å². The standard InChI is InChI=1S/C16H23N3OS2/c1-12(2)22(20,17-5,11-13-9-7-6-8-10-13)15-18-14(21)16(3,4)19-15/h6-10,12H,5,11H2,1-4H3,(H,18,19,21). The van der Waals surface area contributed by atoms with E-state index in [1.807, 2.05) is 58.0 Å². The number of thiocarbonyl (C=S) groups is 1. The Bertz CT molecular complexity index is 707. The van der Waals surface area contributed by atoms with Crippen LogP contribution < -0.4 is 5.32 Å². The number of rotatable bonds is 4. The number of hydrogen-bond acceptors (Lipinski definition) is 3. The van der Waals surface area contributed by atoms with Crippen molar-refractivity contribution >= 4 is 38.3 Å². The topological polar surface area (TPSA) is 53.8 Å². The Labute approximate surface area is 137 Å². The van der Waals surface area contributed by atoms with Crippen molar-refractivity contribution < 1.29 is 4.21 Å². The molecule has 1 N–H and O–H groups in total. The van der Waals surface area contributed by atoms with Crippen LogP contribution in [0.3, 0.4) is 0 Å². The number of nitrogens with one attached hydrogen (secondary N) is 1. The molecule has 0 bridgehead atoms. The van der Waals surface area contributed by atoms with Gasteiger partial charge in [-0.15, -0.1) is 0 Å². The zero-order chi connectivity index (χ0) is 16.6. The second-order valence-electron chi connectivity index (χ2n) is 6.36. The van der Waals surface area contributed by atoms with Gasteiger partial charge in [-0.2, -0.15) is 0 Å². The van der Waals surface area contributed by atoms with E-state index in [0.29, 0.717) is 10.2 Å². The molecular formula is C16H23N3OS2. The molecule has 0 atom stereocenters. The van der Waals surface area contributed by atoms with Crippen molar-refractivity contribution in [1.82, 2.24) is 5.32 Å². The highest BCUT2D eigenvalue weighted by Gasteiger charge is 2.49. The van der Waals surface area contributed by atoms with E-state index in [2.05, 4.69) is 21.4 Å². The fraction of sp³-hybridized carbons (Fsp3) is 0.438. The minimum atomic E-state index is -3.66. The fourth-order valence-electron chi connectivity index (χ4n) is 2.40. The molecule has 0 radical (unpaired) electrons. The van der Waals surface area contributed by atoms with Crippen LogP contribution in [0, 0.1) is 0 Å². The highest BCUT2D eigenvalue weighted by Crippen LogP contribution is 2.40. The van der Waals surface area contributed by atoms with E-state index in [4.69, 9.17) is 12.2 Å². The molecule has 1 aliphatic rings. The third kappa shape index (κ3) is 2.54. The van der Waals surface area contributed by atoms with Crippen LogP contribution in [0.5, 0.6) is 0 Å². The Balaban J connectivity index is 2.61. The van der Waals surface area contributed by atoms with Gasteiger partial charge in [-0.1, -0.05) is 56.4 Å². The van der Waals surface area contributed by atoms with Crippen molar-refractivity contribution in [3.05, 3.63) is 35.9 Å². The second-order valence-corrected chi connectivity index (χ2v) is 10.9. The molecule has 4 nitrogen and oxygen atoms in total. The number of hydrogen-bond donors (Lipinski definition) is 1. The summed E-state index contributed by atoms with van der Waals surface area (Å²) in [5.41, 5.74) is 0.379. The predicted molar refractivity (Wildman–Crippen MR) is 100 cm³/mol. The van der Waals surface area contributed by atoms with Crippen LogP contribution >= 0.6 is 12.2 Å². The predicted octanol–water partition coefficient (Wildman–Crippen LogP) is 3.10. The number of nitrogens with zero attached hydrogens (tertiary/aromatic N) is 2. The van der Waals surface area contributed by atoms with Crippen molar-refractivity contribution in [2.24, 2.45) is 9.39 Å². The Hall–Kier alpha value is -1.40. The largest absolute Gasteiger partial charge is 0.325 e. The summed E-state index contributed by atoms with van der Waals surface area (Å²) >= 11 is 5.34. The molecule has 0 saturated carbocycles. The molecule has 0 saturated heterocycles. The quantitative estimate of drug-likeness (QED) is 0.678. The Morgan fingerprint density at radius 2 is 1.95 bits per heavy atom. The van der Waals surface area contributed by atoms with E-state index in [-0.39, 0.29) is 11.0 Å². The molecule has 1 aliphatic heterocycles. The van der Waals surface area contributed by atoms with Gasteiger partial charge in [-0.25, -0.2) is 9.39 Å². The van der Waals surface area contributed by atoms with Gasteiger partial charge in [0.05, 0.1) is 5.75 Å². The summed E-state index contributed by atoms with van der Waals surface area (Å²) < 4.78 is 18.4. The summed E-state index contributed by atoms with van der Waals surface area (Å²) in [6.45, 7) is 11.3. The van der Waals surface area contributed by atoms with Crippen LogP contribution in [-0.2, 0) is 15.0 Å². The molecule has 0 unspecified atom stereocenters. The molecular weight excluding hydrogens is 314 g/mol. The number of aliphatic imine (C=N–C) groups is 1. The number of amidine groups is 1. The molecule has 0 spiro atoms. The van der Waals surface area contributed by atoms with Gasteiger partial charge in [0.25, 0.3) is 0 Å². The SMILES string of the molecule is C=NS(=O)(Cc1ccccc1)(C1=NC(C)(C)C(=S)N1)C(C)C. The van der Waals surface area contributed by atoms with E-state index in [1.165, 1.54) is 0 Å². The van der Waals surface area contributed by atoms with Gasteiger partial charge >= 0.3 is 0 Å². The van der Waals surface area contributed by atoms with Gasteiger partial charge in [0, 0.05) is 21.2 Å². The molecule has 0 amide bonds. The lowest BCUT2D eigenvalue weighted by molar-refractivity contribution is 0.654. The summed E-state index contributed by atoms with van der Waals surface area (Å²) in [4.78, 5) is 5.17. The fourth-order valence-corrected chi connectivity index (χ4v) is 5.62. The molecule has 2 rings (SSSR count). The summed E-state index contributed by atoms with van der Waals surface area (Å²) in [5, 5.41) is 3.20. The van der Waals surface area contributed by atoms with E-state index in [0.717, 1.165) is 5.56 Å². The van der Waals surface area contributed by atoms with Crippen LogP contribution in [0.25, 0.3) is 0 Å². The zero-order valence-electron chi connectivity index (χ0n) is 13.5. The van der Waals surface area contributed by atoms with Crippen LogP contribution in [0.4, 0.5) is 0 Å². The van der Waals surface area contributed by atoms with Crippen molar-refractivity contribution in [2.75, 3.05) is 0 Å².